The number of unbranched alkanes of at least 4 members (excludes halogenated alkanes) is 2. The van der Waals surface area contributed by atoms with Crippen LogP contribution in [0.3, 0.4) is 0 Å². The summed E-state index contributed by atoms with van der Waals surface area (Å²) < 4.78 is 119. The van der Waals surface area contributed by atoms with E-state index < -0.39 is 129 Å². The van der Waals surface area contributed by atoms with Gasteiger partial charge in [-0.25, -0.2) is 4.79 Å². The standard InChI is InChI=1S/C93H101NO21Si/c1-61-78(103-55-62-31-15-8-16-32-62)82(104-56-63-33-17-9-18-34-63)84(106-57-64-35-19-10-20-36-64)91(109-61)114-80-75(60-108-116(93(2,3)4,70-39-23-12-24-40-70)71-41-25-13-26-42-71)111-92(85(112-88(98)66-37-21-11-22-38-66)83(80)105-58-65-46-50-68(99-5)51-47-65)115-81-77(94-86(96)72-43-28-29-44-73(72)87(94)97)90(102-54-30-14-27-45-76(95)101-7)110-74-59-107-89(113-79(74)81)67-48-52-69(100-6)53-49-67/h8-13,15-26,28-29,31-44,46-53,61,74-75,77-85,89-92H,14,27,30,45,54-60H2,1-7H3/t61-,74+,75+,77+,78+,79+,80-,81+,82+,83-,84-,85+,89+,90+,91-,92-/m0/s1. The summed E-state index contributed by atoms with van der Waals surface area (Å²) >= 11 is 0. The van der Waals surface area contributed by atoms with Crippen LogP contribution in [0.5, 0.6) is 11.5 Å². The Morgan fingerprint density at radius 3 is 1.47 bits per heavy atom. The van der Waals surface area contributed by atoms with Crippen molar-refractivity contribution in [3.8, 4) is 11.5 Å². The quantitative estimate of drug-likeness (QED) is 0.0158. The summed E-state index contributed by atoms with van der Waals surface area (Å²) in [4.78, 5) is 60.4. The van der Waals surface area contributed by atoms with Gasteiger partial charge in [-0.1, -0.05) is 233 Å². The van der Waals surface area contributed by atoms with Crippen molar-refractivity contribution >= 4 is 42.4 Å². The van der Waals surface area contributed by atoms with Gasteiger partial charge >= 0.3 is 11.9 Å². The van der Waals surface area contributed by atoms with Gasteiger partial charge in [-0.05, 0) is 106 Å². The predicted molar refractivity (Wildman–Crippen MR) is 431 cm³/mol. The van der Waals surface area contributed by atoms with Crippen molar-refractivity contribution in [1.29, 1.82) is 0 Å². The Balaban J connectivity index is 0.958. The summed E-state index contributed by atoms with van der Waals surface area (Å²) in [5.74, 6) is -1.30. The SMILES string of the molecule is COC(=O)CCCCCO[C@@H]1O[C@@H]2CO[C@@H](c3ccc(OC)cc3)O[C@H]2[C@H](O[C@@H]2O[C@H](CO[Si](c3ccccc3)(c3ccccc3)C(C)(C)C)[C@H](O[C@@H]3O[C@@H](C)[C@@H](OCc4ccccc4)[C@@H](OCc4ccccc4)[C@@H]3OCc3ccccc3)[C@H](OCc3ccc(OC)cc3)[C@H]2OC(=O)c2ccccc2)[C@H]1N1C(=O)c2ccccc2C1=O. The lowest BCUT2D eigenvalue weighted by Crippen LogP contribution is -2.71. The highest BCUT2D eigenvalue weighted by atomic mass is 28.4. The van der Waals surface area contributed by atoms with Gasteiger partial charge < -0.3 is 80.2 Å². The van der Waals surface area contributed by atoms with Crippen LogP contribution in [0.1, 0.15) is 119 Å². The van der Waals surface area contributed by atoms with Gasteiger partial charge in [-0.3, -0.25) is 19.3 Å². The number of amides is 2. The highest BCUT2D eigenvalue weighted by molar-refractivity contribution is 6.99. The molecule has 0 radical (unpaired) electrons. The second-order valence-corrected chi connectivity index (χ2v) is 34.7. The van der Waals surface area contributed by atoms with E-state index in [1.165, 1.54) is 7.11 Å². The molecular formula is C93H101NO21Si. The number of methoxy groups -OCH3 is 3. The summed E-state index contributed by atoms with van der Waals surface area (Å²) in [5.41, 5.74) is 4.37. The van der Waals surface area contributed by atoms with Gasteiger partial charge in [0.25, 0.3) is 20.1 Å². The molecule has 0 saturated carbocycles. The molecule has 5 heterocycles. The molecule has 14 rings (SSSR count). The number of hydrogen-bond acceptors (Lipinski definition) is 21. The third-order valence-electron chi connectivity index (χ3n) is 21.8. The maximum Gasteiger partial charge on any atom is 0.338 e. The molecule has 608 valence electrons. The van der Waals surface area contributed by atoms with Crippen LogP contribution >= 0.6 is 0 Å². The first-order chi connectivity index (χ1) is 56.6. The largest absolute Gasteiger partial charge is 0.497 e. The molecule has 0 bridgehead atoms. The van der Waals surface area contributed by atoms with Gasteiger partial charge in [-0.2, -0.15) is 0 Å². The number of esters is 2. The lowest BCUT2D eigenvalue weighted by molar-refractivity contribution is -0.395. The fourth-order valence-corrected chi connectivity index (χ4v) is 20.5. The van der Waals surface area contributed by atoms with E-state index in [4.69, 9.17) is 80.2 Å². The van der Waals surface area contributed by atoms with E-state index in [9.17, 15) is 4.79 Å². The monoisotopic (exact) mass is 1600 g/mol. The molecule has 0 N–H and O–H groups in total. The zero-order valence-electron chi connectivity index (χ0n) is 66.3. The van der Waals surface area contributed by atoms with Crippen LogP contribution in [0.4, 0.5) is 0 Å². The third kappa shape index (κ3) is 19.3. The molecule has 0 aliphatic carbocycles. The number of carbonyl (C=O) groups excluding carboxylic acids is 4. The minimum Gasteiger partial charge on any atom is -0.497 e. The smallest absolute Gasteiger partial charge is 0.338 e. The third-order valence-corrected chi connectivity index (χ3v) is 26.9. The Bertz CT molecular complexity index is 4540. The predicted octanol–water partition coefficient (Wildman–Crippen LogP) is 13.6. The van der Waals surface area contributed by atoms with Crippen molar-refractivity contribution in [3.63, 3.8) is 0 Å². The van der Waals surface area contributed by atoms with Crippen LogP contribution in [0, 0.1) is 0 Å². The highest BCUT2D eigenvalue weighted by Crippen LogP contribution is 2.45. The Morgan fingerprint density at radius 2 is 0.940 bits per heavy atom. The Morgan fingerprint density at radius 1 is 0.466 bits per heavy atom. The van der Waals surface area contributed by atoms with Gasteiger partial charge in [0.15, 0.2) is 31.3 Å². The van der Waals surface area contributed by atoms with E-state index in [-0.39, 0.29) is 75.3 Å². The summed E-state index contributed by atoms with van der Waals surface area (Å²) in [5, 5.41) is 1.30. The maximum atomic E-state index is 15.8. The van der Waals surface area contributed by atoms with E-state index in [0.717, 1.165) is 32.0 Å². The zero-order valence-corrected chi connectivity index (χ0v) is 67.3. The van der Waals surface area contributed by atoms with E-state index >= 15 is 14.4 Å². The molecule has 0 aromatic heterocycles. The van der Waals surface area contributed by atoms with E-state index in [0.29, 0.717) is 41.9 Å². The summed E-state index contributed by atoms with van der Waals surface area (Å²) in [7, 11) is 0.891. The molecule has 5 aliphatic rings. The number of rotatable bonds is 34. The summed E-state index contributed by atoms with van der Waals surface area (Å²) in [6, 6.07) is 78.0. The van der Waals surface area contributed by atoms with E-state index in [2.05, 4.69) is 45.0 Å². The molecular weight excluding hydrogens is 1500 g/mol. The number of ether oxygens (including phenoxy) is 16. The molecule has 9 aromatic carbocycles. The Kier molecular flexibility index (Phi) is 27.9. The van der Waals surface area contributed by atoms with E-state index in [1.54, 1.807) is 80.9 Å². The van der Waals surface area contributed by atoms with Gasteiger partial charge in [0.05, 0.1) is 83.8 Å². The molecule has 23 heteroatoms. The second-order valence-electron chi connectivity index (χ2n) is 30.4. The zero-order chi connectivity index (χ0) is 80.6. The van der Waals surface area contributed by atoms with Crippen molar-refractivity contribution < 1.29 is 99.4 Å². The van der Waals surface area contributed by atoms with Gasteiger partial charge in [0.2, 0.25) is 0 Å². The maximum absolute atomic E-state index is 15.8. The van der Waals surface area contributed by atoms with E-state index in [1.807, 2.05) is 171 Å². The molecule has 4 fully saturated rings. The molecule has 2 amide bonds. The Hall–Kier alpha value is -9.64. The molecule has 9 aromatic rings. The molecule has 5 aliphatic heterocycles. The number of hydrogen-bond donors (Lipinski definition) is 0. The van der Waals surface area contributed by atoms with Crippen molar-refractivity contribution in [1.82, 2.24) is 4.90 Å². The van der Waals surface area contributed by atoms with Crippen LogP contribution in [0.2, 0.25) is 5.04 Å². The fourth-order valence-electron chi connectivity index (χ4n) is 15.9. The second kappa shape index (κ2) is 39.1. The van der Waals surface area contributed by atoms with Crippen molar-refractivity contribution in [2.45, 2.75) is 183 Å². The summed E-state index contributed by atoms with van der Waals surface area (Å²) in [6.07, 6.45) is -17.3. The van der Waals surface area contributed by atoms with Gasteiger partial charge in [0.1, 0.15) is 72.5 Å². The van der Waals surface area contributed by atoms with Crippen LogP contribution in [0.15, 0.2) is 255 Å². The number of carbonyl (C=O) groups is 4. The molecule has 0 spiro atoms. The molecule has 116 heavy (non-hydrogen) atoms. The molecule has 0 unspecified atom stereocenters. The van der Waals surface area contributed by atoms with Crippen LogP contribution in [0.25, 0.3) is 0 Å². The molecule has 16 atom stereocenters. The average molecular weight is 1600 g/mol. The number of nitrogens with zero attached hydrogens (tertiary/aromatic N) is 1. The topological polar surface area (TPSA) is 228 Å². The Labute approximate surface area is 678 Å². The summed E-state index contributed by atoms with van der Waals surface area (Å²) in [6.45, 7) is 8.35. The first kappa shape index (κ1) is 82.9. The van der Waals surface area contributed by atoms with Crippen LogP contribution in [-0.4, -0.2) is 170 Å². The van der Waals surface area contributed by atoms with Crippen molar-refractivity contribution in [3.05, 3.63) is 299 Å². The molecule has 4 saturated heterocycles. The lowest BCUT2D eigenvalue weighted by atomic mass is 9.93. The van der Waals surface area contributed by atoms with Gasteiger partial charge in [0, 0.05) is 18.6 Å². The minimum absolute atomic E-state index is 0.0287. The first-order valence-electron chi connectivity index (χ1n) is 39.7. The molecule has 22 nitrogen and oxygen atoms in total. The number of benzene rings is 9. The highest BCUT2D eigenvalue weighted by Gasteiger charge is 2.62. The lowest BCUT2D eigenvalue weighted by Gasteiger charge is -2.53. The first-order valence-corrected chi connectivity index (χ1v) is 41.6. The van der Waals surface area contributed by atoms with Crippen molar-refractivity contribution in [2.75, 3.05) is 41.2 Å². The minimum atomic E-state index is -3.61. The number of imide groups is 1. The van der Waals surface area contributed by atoms with Crippen LogP contribution in [-0.2, 0) is 102 Å². The average Bonchev–Trinajstić information content (AvgIpc) is 1.47. The van der Waals surface area contributed by atoms with Crippen molar-refractivity contribution in [2.24, 2.45) is 0 Å². The van der Waals surface area contributed by atoms with Gasteiger partial charge in [-0.15, -0.1) is 0 Å². The van der Waals surface area contributed by atoms with Crippen LogP contribution < -0.4 is 19.8 Å². The fraction of sp³-hybridized carbons (Fsp3) is 0.376. The number of fused-ring (bicyclic) bond motifs is 2. The normalized spacial score (nSPS) is 25.4.